The predicted octanol–water partition coefficient (Wildman–Crippen LogP) is 5.62. The first-order valence-electron chi connectivity index (χ1n) is 8.95. The first-order valence-corrected chi connectivity index (χ1v) is 8.95. The number of carboxylic acid groups (broad SMARTS) is 1. The zero-order chi connectivity index (χ0) is 19.8. The molecule has 1 atom stereocenters. The van der Waals surface area contributed by atoms with Gasteiger partial charge in [0, 0.05) is 18.8 Å². The summed E-state index contributed by atoms with van der Waals surface area (Å²) in [5.41, 5.74) is 2.29. The van der Waals surface area contributed by atoms with E-state index in [4.69, 9.17) is 5.11 Å². The largest absolute Gasteiger partial charge is 0.478 e. The molecule has 0 aromatic heterocycles. The van der Waals surface area contributed by atoms with Crippen LogP contribution in [0.4, 0.5) is 18.9 Å². The summed E-state index contributed by atoms with van der Waals surface area (Å²) in [4.78, 5) is 13.0. The number of hydrogen-bond donors (Lipinski definition) is 1. The summed E-state index contributed by atoms with van der Waals surface area (Å²) in [6, 6.07) is 9.43. The Morgan fingerprint density at radius 3 is 2.48 bits per heavy atom. The lowest BCUT2D eigenvalue weighted by Crippen LogP contribution is -2.24. The van der Waals surface area contributed by atoms with Gasteiger partial charge in [-0.1, -0.05) is 25.1 Å². The second-order valence-electron chi connectivity index (χ2n) is 7.19. The number of alkyl halides is 3. The highest BCUT2D eigenvalue weighted by molar-refractivity contribution is 5.87. The molecule has 1 aliphatic heterocycles. The topological polar surface area (TPSA) is 40.5 Å². The molecule has 0 fully saturated rings. The maximum absolute atomic E-state index is 13.4. The van der Waals surface area contributed by atoms with Crippen molar-refractivity contribution in [2.75, 3.05) is 11.4 Å². The molecule has 3 rings (SSSR count). The molecule has 0 saturated heterocycles. The lowest BCUT2D eigenvalue weighted by atomic mass is 9.92. The van der Waals surface area contributed by atoms with E-state index in [-0.39, 0.29) is 17.0 Å². The maximum Gasteiger partial charge on any atom is 0.416 e. The van der Waals surface area contributed by atoms with Crippen molar-refractivity contribution in [1.82, 2.24) is 0 Å². The van der Waals surface area contributed by atoms with Crippen molar-refractivity contribution in [2.24, 2.45) is 0 Å². The molecule has 2 aromatic carbocycles. The molecule has 0 bridgehead atoms. The Labute approximate surface area is 156 Å². The normalized spacial score (nSPS) is 17.4. The molecule has 0 spiro atoms. The second-order valence-corrected chi connectivity index (χ2v) is 7.19. The van der Waals surface area contributed by atoms with Crippen molar-refractivity contribution in [2.45, 2.75) is 45.3 Å². The van der Waals surface area contributed by atoms with Crippen LogP contribution in [0.5, 0.6) is 0 Å². The highest BCUT2D eigenvalue weighted by Crippen LogP contribution is 2.41. The fourth-order valence-electron chi connectivity index (χ4n) is 3.69. The van der Waals surface area contributed by atoms with Gasteiger partial charge in [0.25, 0.3) is 0 Å². The van der Waals surface area contributed by atoms with Crippen LogP contribution in [0.1, 0.15) is 58.3 Å². The van der Waals surface area contributed by atoms with Gasteiger partial charge in [0.05, 0.1) is 11.1 Å². The lowest BCUT2D eigenvalue weighted by molar-refractivity contribution is -0.138. The molecule has 1 N–H and O–H groups in total. The van der Waals surface area contributed by atoms with E-state index >= 15 is 0 Å². The molecule has 144 valence electrons. The van der Waals surface area contributed by atoms with Gasteiger partial charge in [-0.15, -0.1) is 0 Å². The third-order valence-electron chi connectivity index (χ3n) is 5.19. The molecule has 1 aliphatic rings. The quantitative estimate of drug-likeness (QED) is 0.755. The molecule has 0 radical (unpaired) electrons. The van der Waals surface area contributed by atoms with Gasteiger partial charge < -0.3 is 10.0 Å². The van der Waals surface area contributed by atoms with E-state index < -0.39 is 17.7 Å². The minimum atomic E-state index is -4.39. The zero-order valence-corrected chi connectivity index (χ0v) is 15.3. The fourth-order valence-corrected chi connectivity index (χ4v) is 3.69. The molecular weight excluding hydrogens is 355 g/mol. The molecule has 6 heteroatoms. The molecule has 0 aliphatic carbocycles. The van der Waals surface area contributed by atoms with E-state index in [1.165, 1.54) is 25.1 Å². The van der Waals surface area contributed by atoms with Gasteiger partial charge in [-0.2, -0.15) is 13.2 Å². The Bertz CT molecular complexity index is 844. The van der Waals surface area contributed by atoms with E-state index in [9.17, 15) is 18.0 Å². The Balaban J connectivity index is 1.99. The van der Waals surface area contributed by atoms with Crippen LogP contribution < -0.4 is 4.90 Å². The van der Waals surface area contributed by atoms with Crippen LogP contribution in [0, 0.1) is 6.92 Å². The number of anilines is 1. The molecule has 27 heavy (non-hydrogen) atoms. The predicted molar refractivity (Wildman–Crippen MR) is 98.3 cm³/mol. The molecule has 1 unspecified atom stereocenters. The Hall–Kier alpha value is -2.50. The lowest BCUT2D eigenvalue weighted by Gasteiger charge is -2.27. The van der Waals surface area contributed by atoms with Gasteiger partial charge in [0.2, 0.25) is 0 Å². The number of aromatic carboxylic acids is 1. The fraction of sp³-hybridized carbons (Fsp3) is 0.381. The number of carboxylic acids is 1. The van der Waals surface area contributed by atoms with Gasteiger partial charge in [-0.3, -0.25) is 0 Å². The minimum absolute atomic E-state index is 0.193. The Morgan fingerprint density at radius 2 is 1.89 bits per heavy atom. The van der Waals surface area contributed by atoms with Crippen LogP contribution in [0.3, 0.4) is 0 Å². The van der Waals surface area contributed by atoms with Crippen LogP contribution in [-0.2, 0) is 12.7 Å². The van der Waals surface area contributed by atoms with Crippen LogP contribution in [0.25, 0.3) is 0 Å². The summed E-state index contributed by atoms with van der Waals surface area (Å²) in [6.45, 7) is 4.67. The molecular formula is C21H22F3NO2. The SMILES string of the molecule is Cc1cc2c(cc1C(F)(F)F)N(Cc1ccc(C(=O)O)cc1)CCCC2C. The monoisotopic (exact) mass is 377 g/mol. The highest BCUT2D eigenvalue weighted by atomic mass is 19.4. The third kappa shape index (κ3) is 4.10. The number of rotatable bonds is 3. The van der Waals surface area contributed by atoms with Crippen LogP contribution >= 0.6 is 0 Å². The summed E-state index contributed by atoms with van der Waals surface area (Å²) in [5, 5.41) is 9.01. The van der Waals surface area contributed by atoms with E-state index in [1.54, 1.807) is 18.2 Å². The summed E-state index contributed by atoms with van der Waals surface area (Å²) in [6.07, 6.45) is -2.57. The maximum atomic E-state index is 13.4. The van der Waals surface area contributed by atoms with Crippen LogP contribution in [0.2, 0.25) is 0 Å². The minimum Gasteiger partial charge on any atom is -0.478 e. The summed E-state index contributed by atoms with van der Waals surface area (Å²) < 4.78 is 40.3. The number of carbonyl (C=O) groups is 1. The van der Waals surface area contributed by atoms with Gasteiger partial charge in [0.1, 0.15) is 0 Å². The van der Waals surface area contributed by atoms with Crippen molar-refractivity contribution in [3.63, 3.8) is 0 Å². The summed E-state index contributed by atoms with van der Waals surface area (Å²) >= 11 is 0. The van der Waals surface area contributed by atoms with Crippen molar-refractivity contribution >= 4 is 11.7 Å². The molecule has 0 saturated carbocycles. The smallest absolute Gasteiger partial charge is 0.416 e. The van der Waals surface area contributed by atoms with Crippen LogP contribution in [-0.4, -0.2) is 17.6 Å². The van der Waals surface area contributed by atoms with Crippen molar-refractivity contribution < 1.29 is 23.1 Å². The number of benzene rings is 2. The van der Waals surface area contributed by atoms with E-state index in [0.29, 0.717) is 18.8 Å². The van der Waals surface area contributed by atoms with Gasteiger partial charge in [-0.25, -0.2) is 4.79 Å². The van der Waals surface area contributed by atoms with Crippen molar-refractivity contribution in [3.8, 4) is 0 Å². The molecule has 2 aromatic rings. The number of aryl methyl sites for hydroxylation is 1. The Morgan fingerprint density at radius 1 is 1.22 bits per heavy atom. The van der Waals surface area contributed by atoms with Crippen LogP contribution in [0.15, 0.2) is 36.4 Å². The van der Waals surface area contributed by atoms with Gasteiger partial charge in [-0.05, 0) is 60.6 Å². The molecule has 0 amide bonds. The highest BCUT2D eigenvalue weighted by Gasteiger charge is 2.34. The van der Waals surface area contributed by atoms with Crippen molar-refractivity contribution in [3.05, 3.63) is 64.2 Å². The van der Waals surface area contributed by atoms with E-state index in [2.05, 4.69) is 6.92 Å². The third-order valence-corrected chi connectivity index (χ3v) is 5.19. The Kier molecular flexibility index (Phi) is 5.18. The van der Waals surface area contributed by atoms with E-state index in [0.717, 1.165) is 24.0 Å². The van der Waals surface area contributed by atoms with Crippen molar-refractivity contribution in [1.29, 1.82) is 0 Å². The number of nitrogens with zero attached hydrogens (tertiary/aromatic N) is 1. The van der Waals surface area contributed by atoms with Gasteiger partial charge in [0.15, 0.2) is 0 Å². The average Bonchev–Trinajstić information content (AvgIpc) is 2.73. The first-order chi connectivity index (χ1) is 12.7. The number of halogens is 3. The standard InChI is InChI=1S/C21H22F3NO2/c1-13-4-3-9-25(12-15-5-7-16(8-6-15)20(26)27)19-11-18(21(22,23)24)14(2)10-17(13)19/h5-8,10-11,13H,3-4,9,12H2,1-2H3,(H,26,27). The number of fused-ring (bicyclic) bond motifs is 1. The number of hydrogen-bond acceptors (Lipinski definition) is 2. The zero-order valence-electron chi connectivity index (χ0n) is 15.3. The summed E-state index contributed by atoms with van der Waals surface area (Å²) in [7, 11) is 0. The molecule has 3 nitrogen and oxygen atoms in total. The molecule has 1 heterocycles. The first kappa shape index (κ1) is 19.3. The summed E-state index contributed by atoms with van der Waals surface area (Å²) in [5.74, 6) is -0.804. The van der Waals surface area contributed by atoms with Gasteiger partial charge >= 0.3 is 12.1 Å². The average molecular weight is 377 g/mol. The second kappa shape index (κ2) is 7.25. The van der Waals surface area contributed by atoms with E-state index in [1.807, 2.05) is 4.90 Å².